The quantitative estimate of drug-likeness (QED) is 0.367. The summed E-state index contributed by atoms with van der Waals surface area (Å²) in [6, 6.07) is 6.42. The van der Waals surface area contributed by atoms with Crippen LogP contribution in [-0.4, -0.2) is 39.8 Å². The Hall–Kier alpha value is -1.18. The maximum atomic E-state index is 5.42. The number of hydrogen-bond acceptors (Lipinski definition) is 3. The zero-order valence-corrected chi connectivity index (χ0v) is 19.1. The smallest absolute Gasteiger partial charge is 0.191 e. The van der Waals surface area contributed by atoms with Crippen LogP contribution >= 0.6 is 24.0 Å². The van der Waals surface area contributed by atoms with E-state index >= 15 is 0 Å². The molecule has 0 aliphatic heterocycles. The van der Waals surface area contributed by atoms with Crippen LogP contribution in [0, 0.1) is 5.92 Å². The third-order valence-electron chi connectivity index (χ3n) is 4.45. The van der Waals surface area contributed by atoms with Crippen LogP contribution in [0.25, 0.3) is 0 Å². The predicted molar refractivity (Wildman–Crippen MR) is 117 cm³/mol. The third-order valence-corrected chi connectivity index (χ3v) is 4.45. The highest BCUT2D eigenvalue weighted by Gasteiger charge is 2.23. The van der Waals surface area contributed by atoms with Crippen LogP contribution in [0.4, 0.5) is 0 Å². The van der Waals surface area contributed by atoms with E-state index in [1.165, 1.54) is 5.56 Å². The van der Waals surface area contributed by atoms with Crippen LogP contribution in [0.1, 0.15) is 40.2 Å². The maximum Gasteiger partial charge on any atom is 0.191 e. The number of methoxy groups -OCH3 is 2. The van der Waals surface area contributed by atoms with E-state index < -0.39 is 0 Å². The normalized spacial score (nSPS) is 13.1. The molecule has 6 heteroatoms. The summed E-state index contributed by atoms with van der Waals surface area (Å²) in [5, 5.41) is 6.85. The number of nitrogens with zero attached hydrogens (tertiary/aromatic N) is 1. The van der Waals surface area contributed by atoms with E-state index in [0.717, 1.165) is 24.0 Å². The second kappa shape index (κ2) is 10.7. The Morgan fingerprint density at radius 1 is 1.12 bits per heavy atom. The Morgan fingerprint density at radius 2 is 1.72 bits per heavy atom. The van der Waals surface area contributed by atoms with Crippen molar-refractivity contribution in [3.63, 3.8) is 0 Å². The van der Waals surface area contributed by atoms with Gasteiger partial charge in [0.05, 0.1) is 14.2 Å². The number of benzene rings is 1. The molecule has 0 fully saturated rings. The van der Waals surface area contributed by atoms with Crippen molar-refractivity contribution in [1.82, 2.24) is 10.6 Å². The van der Waals surface area contributed by atoms with Gasteiger partial charge in [-0.2, -0.15) is 0 Å². The van der Waals surface area contributed by atoms with Gasteiger partial charge in [0.2, 0.25) is 0 Å². The first-order valence-corrected chi connectivity index (χ1v) is 8.44. The molecule has 0 amide bonds. The maximum absolute atomic E-state index is 5.42. The van der Waals surface area contributed by atoms with E-state index in [9.17, 15) is 0 Å². The average Bonchev–Trinajstić information content (AvgIpc) is 2.57. The van der Waals surface area contributed by atoms with Crippen molar-refractivity contribution in [2.45, 2.75) is 46.1 Å². The molecule has 1 aromatic rings. The Kier molecular flexibility index (Phi) is 10.2. The molecule has 0 aliphatic rings. The fraction of sp³-hybridized carbons (Fsp3) is 0.632. The van der Waals surface area contributed by atoms with Gasteiger partial charge < -0.3 is 20.1 Å². The fourth-order valence-electron chi connectivity index (χ4n) is 2.24. The monoisotopic (exact) mass is 463 g/mol. The van der Waals surface area contributed by atoms with E-state index in [1.807, 2.05) is 12.1 Å². The van der Waals surface area contributed by atoms with Gasteiger partial charge in [-0.15, -0.1) is 24.0 Å². The first-order valence-electron chi connectivity index (χ1n) is 8.44. The van der Waals surface area contributed by atoms with Crippen molar-refractivity contribution in [2.75, 3.05) is 27.8 Å². The SMILES string of the molecule is CN=C(NCC(C)(C)c1ccc(OC)c(OC)c1)NC(C)C(C)C.I. The molecule has 0 saturated heterocycles. The van der Waals surface area contributed by atoms with Crippen LogP contribution in [0.3, 0.4) is 0 Å². The standard InChI is InChI=1S/C19H33N3O2.HI/c1-13(2)14(3)22-18(20-6)21-12-19(4,5)15-9-10-16(23-7)17(11-15)24-8;/h9-11,13-14H,12H2,1-8H3,(H2,20,21,22);1H. The largest absolute Gasteiger partial charge is 0.493 e. The van der Waals surface area contributed by atoms with Gasteiger partial charge in [0, 0.05) is 25.0 Å². The van der Waals surface area contributed by atoms with Crippen molar-refractivity contribution in [3.8, 4) is 11.5 Å². The summed E-state index contributed by atoms with van der Waals surface area (Å²) >= 11 is 0. The highest BCUT2D eigenvalue weighted by atomic mass is 127. The zero-order valence-electron chi connectivity index (χ0n) is 16.8. The first-order chi connectivity index (χ1) is 11.2. The van der Waals surface area contributed by atoms with Crippen molar-refractivity contribution in [2.24, 2.45) is 10.9 Å². The minimum atomic E-state index is -0.0851. The summed E-state index contributed by atoms with van der Waals surface area (Å²) in [6.45, 7) is 11.7. The second-order valence-corrected chi connectivity index (χ2v) is 7.06. The van der Waals surface area contributed by atoms with Crippen LogP contribution in [0.5, 0.6) is 11.5 Å². The second-order valence-electron chi connectivity index (χ2n) is 7.06. The number of ether oxygens (including phenoxy) is 2. The number of aliphatic imine (C=N–C) groups is 1. The minimum Gasteiger partial charge on any atom is -0.493 e. The molecule has 0 saturated carbocycles. The van der Waals surface area contributed by atoms with Crippen LogP contribution < -0.4 is 20.1 Å². The Morgan fingerprint density at radius 3 is 2.20 bits per heavy atom. The Balaban J connectivity index is 0.00000576. The number of guanidine groups is 1. The molecular weight excluding hydrogens is 429 g/mol. The summed E-state index contributed by atoms with van der Waals surface area (Å²) in [5.41, 5.74) is 1.10. The molecule has 0 spiro atoms. The molecule has 1 unspecified atom stereocenters. The number of hydrogen-bond donors (Lipinski definition) is 2. The lowest BCUT2D eigenvalue weighted by molar-refractivity contribution is 0.353. The lowest BCUT2D eigenvalue weighted by atomic mass is 9.84. The molecule has 1 aromatic carbocycles. The van der Waals surface area contributed by atoms with Crippen molar-refractivity contribution >= 4 is 29.9 Å². The van der Waals surface area contributed by atoms with Crippen LogP contribution in [0.15, 0.2) is 23.2 Å². The Bertz CT molecular complexity index is 560. The number of nitrogens with one attached hydrogen (secondary N) is 2. The van der Waals surface area contributed by atoms with E-state index in [-0.39, 0.29) is 29.4 Å². The predicted octanol–water partition coefficient (Wildman–Crippen LogP) is 3.81. The first kappa shape index (κ1) is 23.8. The number of halogens is 1. The van der Waals surface area contributed by atoms with Gasteiger partial charge in [0.15, 0.2) is 17.5 Å². The topological polar surface area (TPSA) is 54.9 Å². The van der Waals surface area contributed by atoms with E-state index in [0.29, 0.717) is 12.0 Å². The molecule has 2 N–H and O–H groups in total. The minimum absolute atomic E-state index is 0. The van der Waals surface area contributed by atoms with Gasteiger partial charge in [0.25, 0.3) is 0 Å². The average molecular weight is 463 g/mol. The van der Waals surface area contributed by atoms with Gasteiger partial charge in [0.1, 0.15) is 0 Å². The molecule has 5 nitrogen and oxygen atoms in total. The van der Waals surface area contributed by atoms with Gasteiger partial charge in [-0.25, -0.2) is 0 Å². The molecule has 0 radical (unpaired) electrons. The molecule has 25 heavy (non-hydrogen) atoms. The molecular formula is C19H34IN3O2. The summed E-state index contributed by atoms with van der Waals surface area (Å²) in [4.78, 5) is 4.32. The lowest BCUT2D eigenvalue weighted by Gasteiger charge is -2.28. The third kappa shape index (κ3) is 6.92. The van der Waals surface area contributed by atoms with Crippen LogP contribution in [0.2, 0.25) is 0 Å². The zero-order chi connectivity index (χ0) is 18.3. The van der Waals surface area contributed by atoms with Crippen LogP contribution in [-0.2, 0) is 5.41 Å². The highest BCUT2D eigenvalue weighted by Crippen LogP contribution is 2.32. The highest BCUT2D eigenvalue weighted by molar-refractivity contribution is 14.0. The number of rotatable bonds is 7. The summed E-state index contributed by atoms with van der Waals surface area (Å²) in [7, 11) is 5.10. The lowest BCUT2D eigenvalue weighted by Crippen LogP contribution is -2.47. The van der Waals surface area contributed by atoms with Crippen molar-refractivity contribution in [1.29, 1.82) is 0 Å². The molecule has 0 heterocycles. The summed E-state index contributed by atoms with van der Waals surface area (Å²) in [6.07, 6.45) is 0. The van der Waals surface area contributed by atoms with Gasteiger partial charge in [-0.3, -0.25) is 4.99 Å². The fourth-order valence-corrected chi connectivity index (χ4v) is 2.24. The van der Waals surface area contributed by atoms with Crippen molar-refractivity contribution < 1.29 is 9.47 Å². The van der Waals surface area contributed by atoms with E-state index in [1.54, 1.807) is 21.3 Å². The van der Waals surface area contributed by atoms with Gasteiger partial charge >= 0.3 is 0 Å². The molecule has 144 valence electrons. The van der Waals surface area contributed by atoms with Gasteiger partial charge in [-0.05, 0) is 30.5 Å². The summed E-state index contributed by atoms with van der Waals surface area (Å²) < 4.78 is 10.7. The van der Waals surface area contributed by atoms with Crippen molar-refractivity contribution in [3.05, 3.63) is 23.8 Å². The van der Waals surface area contributed by atoms with E-state index in [4.69, 9.17) is 9.47 Å². The Labute approximate surface area is 170 Å². The molecule has 0 aromatic heterocycles. The van der Waals surface area contributed by atoms with Gasteiger partial charge in [-0.1, -0.05) is 33.8 Å². The molecule has 1 rings (SSSR count). The summed E-state index contributed by atoms with van der Waals surface area (Å²) in [5.74, 6) is 2.86. The molecule has 0 aliphatic carbocycles. The van der Waals surface area contributed by atoms with E-state index in [2.05, 4.69) is 56.3 Å². The molecule has 0 bridgehead atoms. The molecule has 1 atom stereocenters.